The van der Waals surface area contributed by atoms with Crippen LogP contribution in [-0.4, -0.2) is 17.0 Å². The lowest BCUT2D eigenvalue weighted by molar-refractivity contribution is -0.117. The molecule has 0 atom stereocenters. The number of nitrogens with one attached hydrogen (secondary N) is 2. The van der Waals surface area contributed by atoms with Gasteiger partial charge in [0.05, 0.1) is 0 Å². The van der Waals surface area contributed by atoms with Crippen molar-refractivity contribution in [3.63, 3.8) is 0 Å². The molecule has 0 aliphatic heterocycles. The second-order valence-electron chi connectivity index (χ2n) is 6.58. The van der Waals surface area contributed by atoms with E-state index in [1.54, 1.807) is 24.3 Å². The number of nitrogens with zero attached hydrogens (tertiary/aromatic N) is 1. The number of amides is 2. The van der Waals surface area contributed by atoms with E-state index in [0.717, 1.165) is 31.4 Å². The lowest BCUT2D eigenvalue weighted by atomic mass is 10.1. The van der Waals surface area contributed by atoms with E-state index in [4.69, 9.17) is 4.52 Å². The fraction of sp³-hybridized carbons (Fsp3) is 0.389. The number of aryl methyl sites for hydroxylation is 1. The topological polar surface area (TPSA) is 84.2 Å². The van der Waals surface area contributed by atoms with Gasteiger partial charge >= 0.3 is 0 Å². The first kappa shape index (κ1) is 14.9. The Morgan fingerprint density at radius 2 is 1.79 bits per heavy atom. The quantitative estimate of drug-likeness (QED) is 0.881. The highest BCUT2D eigenvalue weighted by Gasteiger charge is 2.32. The summed E-state index contributed by atoms with van der Waals surface area (Å²) in [6, 6.07) is 6.91. The van der Waals surface area contributed by atoms with Gasteiger partial charge in [0.15, 0.2) is 5.76 Å². The maximum Gasteiger partial charge on any atom is 0.255 e. The zero-order chi connectivity index (χ0) is 16.7. The number of benzene rings is 1. The molecule has 0 spiro atoms. The van der Waals surface area contributed by atoms with Crippen LogP contribution in [0, 0.1) is 12.8 Å². The van der Waals surface area contributed by atoms with Crippen molar-refractivity contribution < 1.29 is 14.1 Å². The summed E-state index contributed by atoms with van der Waals surface area (Å²) in [5.41, 5.74) is 2.62. The highest BCUT2D eigenvalue weighted by Crippen LogP contribution is 2.44. The van der Waals surface area contributed by atoms with Crippen molar-refractivity contribution in [2.75, 3.05) is 10.6 Å². The van der Waals surface area contributed by atoms with Crippen molar-refractivity contribution in [2.24, 2.45) is 5.92 Å². The molecule has 2 aromatic rings. The van der Waals surface area contributed by atoms with Gasteiger partial charge in [0.25, 0.3) is 5.91 Å². The van der Waals surface area contributed by atoms with Crippen molar-refractivity contribution in [1.29, 1.82) is 0 Å². The summed E-state index contributed by atoms with van der Waals surface area (Å²) < 4.78 is 5.34. The molecule has 124 valence electrons. The van der Waals surface area contributed by atoms with E-state index >= 15 is 0 Å². The SMILES string of the molecule is Cc1noc(C2CC2)c1NC(=O)c1ccc(NC(=O)C2CC2)cc1. The van der Waals surface area contributed by atoms with Crippen molar-refractivity contribution >= 4 is 23.2 Å². The van der Waals surface area contributed by atoms with E-state index in [2.05, 4.69) is 15.8 Å². The molecule has 6 nitrogen and oxygen atoms in total. The van der Waals surface area contributed by atoms with Gasteiger partial charge in [0, 0.05) is 23.1 Å². The Morgan fingerprint density at radius 3 is 2.42 bits per heavy atom. The summed E-state index contributed by atoms with van der Waals surface area (Å²) in [7, 11) is 0. The van der Waals surface area contributed by atoms with Gasteiger partial charge in [-0.15, -0.1) is 0 Å². The van der Waals surface area contributed by atoms with Crippen molar-refractivity contribution in [1.82, 2.24) is 5.16 Å². The first-order valence-corrected chi connectivity index (χ1v) is 8.30. The first-order valence-electron chi connectivity index (χ1n) is 8.30. The molecular formula is C18H19N3O3. The summed E-state index contributed by atoms with van der Waals surface area (Å²) in [5, 5.41) is 9.72. The summed E-state index contributed by atoms with van der Waals surface area (Å²) in [5.74, 6) is 1.16. The second-order valence-corrected chi connectivity index (χ2v) is 6.58. The lowest BCUT2D eigenvalue weighted by Gasteiger charge is -2.07. The monoisotopic (exact) mass is 325 g/mol. The van der Waals surface area contributed by atoms with Crippen LogP contribution in [-0.2, 0) is 4.79 Å². The number of carbonyl (C=O) groups excluding carboxylic acids is 2. The van der Waals surface area contributed by atoms with Crippen LogP contribution in [0.4, 0.5) is 11.4 Å². The minimum absolute atomic E-state index is 0.0568. The van der Waals surface area contributed by atoms with Crippen LogP contribution >= 0.6 is 0 Å². The second kappa shape index (κ2) is 5.78. The molecule has 0 unspecified atom stereocenters. The molecule has 1 heterocycles. The van der Waals surface area contributed by atoms with E-state index in [1.807, 2.05) is 6.92 Å². The largest absolute Gasteiger partial charge is 0.359 e. The molecular weight excluding hydrogens is 306 g/mol. The molecule has 1 aromatic carbocycles. The maximum atomic E-state index is 12.4. The highest BCUT2D eigenvalue weighted by atomic mass is 16.5. The Balaban J connectivity index is 1.44. The highest BCUT2D eigenvalue weighted by molar-refractivity contribution is 6.05. The zero-order valence-electron chi connectivity index (χ0n) is 13.5. The molecule has 0 saturated heterocycles. The first-order chi connectivity index (χ1) is 11.6. The number of aromatic nitrogens is 1. The van der Waals surface area contributed by atoms with Crippen LogP contribution in [0.25, 0.3) is 0 Å². The lowest BCUT2D eigenvalue weighted by Crippen LogP contribution is -2.15. The molecule has 2 fully saturated rings. The van der Waals surface area contributed by atoms with Crippen LogP contribution in [0.3, 0.4) is 0 Å². The van der Waals surface area contributed by atoms with E-state index in [9.17, 15) is 9.59 Å². The Labute approximate surface area is 139 Å². The molecule has 0 radical (unpaired) electrons. The fourth-order valence-electron chi connectivity index (χ4n) is 2.64. The number of hydrogen-bond donors (Lipinski definition) is 2. The zero-order valence-corrected chi connectivity index (χ0v) is 13.5. The molecule has 0 bridgehead atoms. The summed E-state index contributed by atoms with van der Waals surface area (Å²) in [6.07, 6.45) is 4.08. The minimum Gasteiger partial charge on any atom is -0.359 e. The maximum absolute atomic E-state index is 12.4. The van der Waals surface area contributed by atoms with Gasteiger partial charge in [-0.05, 0) is 56.9 Å². The predicted molar refractivity (Wildman–Crippen MR) is 89.0 cm³/mol. The van der Waals surface area contributed by atoms with Gasteiger partial charge in [-0.25, -0.2) is 0 Å². The van der Waals surface area contributed by atoms with Gasteiger partial charge < -0.3 is 15.2 Å². The van der Waals surface area contributed by atoms with E-state index in [0.29, 0.717) is 28.6 Å². The normalized spacial score (nSPS) is 16.7. The van der Waals surface area contributed by atoms with Gasteiger partial charge in [-0.2, -0.15) is 0 Å². The van der Waals surface area contributed by atoms with Gasteiger partial charge in [-0.3, -0.25) is 9.59 Å². The fourth-order valence-corrected chi connectivity index (χ4v) is 2.64. The standard InChI is InChI=1S/C18H19N3O3/c1-10-15(16(24-21-10)11-2-3-11)20-18(23)13-6-8-14(9-7-13)19-17(22)12-4-5-12/h6-9,11-12H,2-5H2,1H3,(H,19,22)(H,20,23). The van der Waals surface area contributed by atoms with Crippen LogP contribution in [0.2, 0.25) is 0 Å². The summed E-state index contributed by atoms with van der Waals surface area (Å²) in [4.78, 5) is 24.2. The van der Waals surface area contributed by atoms with Crippen LogP contribution in [0.5, 0.6) is 0 Å². The molecule has 24 heavy (non-hydrogen) atoms. The average molecular weight is 325 g/mol. The average Bonchev–Trinajstić information content (AvgIpc) is 3.47. The molecule has 2 amide bonds. The van der Waals surface area contributed by atoms with Crippen molar-refractivity contribution in [3.05, 3.63) is 41.3 Å². The molecule has 2 saturated carbocycles. The van der Waals surface area contributed by atoms with Crippen molar-refractivity contribution in [2.45, 2.75) is 38.5 Å². The molecule has 1 aromatic heterocycles. The molecule has 4 rings (SSSR count). The van der Waals surface area contributed by atoms with E-state index in [1.165, 1.54) is 0 Å². The predicted octanol–water partition coefficient (Wildman–Crippen LogP) is 3.46. The van der Waals surface area contributed by atoms with Gasteiger partial charge in [-0.1, -0.05) is 5.16 Å². The Morgan fingerprint density at radius 1 is 1.08 bits per heavy atom. The molecule has 2 N–H and O–H groups in total. The summed E-state index contributed by atoms with van der Waals surface area (Å²) >= 11 is 0. The van der Waals surface area contributed by atoms with Crippen molar-refractivity contribution in [3.8, 4) is 0 Å². The number of carbonyl (C=O) groups is 2. The number of hydrogen-bond acceptors (Lipinski definition) is 4. The van der Waals surface area contributed by atoms with Gasteiger partial charge in [0.1, 0.15) is 11.4 Å². The third-order valence-electron chi connectivity index (χ3n) is 4.44. The number of anilines is 2. The molecule has 2 aliphatic carbocycles. The summed E-state index contributed by atoms with van der Waals surface area (Å²) in [6.45, 7) is 1.82. The van der Waals surface area contributed by atoms with Crippen LogP contribution in [0.15, 0.2) is 28.8 Å². The third kappa shape index (κ3) is 3.04. The Bertz CT molecular complexity index is 786. The van der Waals surface area contributed by atoms with E-state index in [-0.39, 0.29) is 17.7 Å². The van der Waals surface area contributed by atoms with Crippen LogP contribution < -0.4 is 10.6 Å². The van der Waals surface area contributed by atoms with Gasteiger partial charge in [0.2, 0.25) is 5.91 Å². The molecule has 6 heteroatoms. The van der Waals surface area contributed by atoms with E-state index < -0.39 is 0 Å². The smallest absolute Gasteiger partial charge is 0.255 e. The number of rotatable bonds is 5. The van der Waals surface area contributed by atoms with Crippen LogP contribution in [0.1, 0.15) is 53.4 Å². The Kier molecular flexibility index (Phi) is 3.59. The Hall–Kier alpha value is -2.63. The minimum atomic E-state index is -0.205. The molecule has 2 aliphatic rings. The third-order valence-corrected chi connectivity index (χ3v) is 4.44.